The summed E-state index contributed by atoms with van der Waals surface area (Å²) in [7, 11) is 0. The molecule has 1 amide bonds. The van der Waals surface area contributed by atoms with Crippen LogP contribution in [0.15, 0.2) is 12.3 Å². The SMILES string of the molecule is C=C(OC(=O)C(F)(F)F)C(=O)NC1CCNCC1. The van der Waals surface area contributed by atoms with Crippen LogP contribution in [-0.4, -0.2) is 37.2 Å². The molecule has 0 radical (unpaired) electrons. The summed E-state index contributed by atoms with van der Waals surface area (Å²) >= 11 is 0. The summed E-state index contributed by atoms with van der Waals surface area (Å²) in [5.41, 5.74) is 0. The first kappa shape index (κ1) is 14.5. The molecule has 0 aromatic rings. The number of ether oxygens (including phenoxy) is 1. The average Bonchev–Trinajstić information content (AvgIpc) is 2.28. The van der Waals surface area contributed by atoms with E-state index in [0.717, 1.165) is 0 Å². The molecule has 8 heteroatoms. The fraction of sp³-hybridized carbons (Fsp3) is 0.600. The lowest BCUT2D eigenvalue weighted by Gasteiger charge is -2.23. The number of hydrogen-bond donors (Lipinski definition) is 2. The van der Waals surface area contributed by atoms with Gasteiger partial charge in [-0.25, -0.2) is 4.79 Å². The molecule has 0 spiro atoms. The zero-order chi connectivity index (χ0) is 13.8. The van der Waals surface area contributed by atoms with Crippen molar-refractivity contribution >= 4 is 11.9 Å². The standard InChI is InChI=1S/C10H13F3N2O3/c1-6(18-9(17)10(11,12)13)8(16)15-7-2-4-14-5-3-7/h7,14H,1-5H2,(H,15,16). The van der Waals surface area contributed by atoms with E-state index in [4.69, 9.17) is 0 Å². The second-order valence-corrected chi connectivity index (χ2v) is 3.81. The Morgan fingerprint density at radius 2 is 1.83 bits per heavy atom. The van der Waals surface area contributed by atoms with Gasteiger partial charge in [-0.3, -0.25) is 4.79 Å². The molecule has 0 unspecified atom stereocenters. The Morgan fingerprint density at radius 3 is 2.33 bits per heavy atom. The van der Waals surface area contributed by atoms with E-state index in [1.54, 1.807) is 0 Å². The first-order valence-electron chi connectivity index (χ1n) is 5.30. The number of amides is 1. The summed E-state index contributed by atoms with van der Waals surface area (Å²) in [5.74, 6) is -4.21. The van der Waals surface area contributed by atoms with Crippen molar-refractivity contribution in [3.63, 3.8) is 0 Å². The topological polar surface area (TPSA) is 67.4 Å². The minimum absolute atomic E-state index is 0.153. The van der Waals surface area contributed by atoms with Gasteiger partial charge < -0.3 is 15.4 Å². The highest BCUT2D eigenvalue weighted by Gasteiger charge is 2.42. The van der Waals surface area contributed by atoms with Gasteiger partial charge in [-0.1, -0.05) is 6.58 Å². The quantitative estimate of drug-likeness (QED) is 0.443. The summed E-state index contributed by atoms with van der Waals surface area (Å²) in [6, 6.07) is -0.153. The van der Waals surface area contributed by atoms with Crippen molar-refractivity contribution in [3.05, 3.63) is 12.3 Å². The van der Waals surface area contributed by atoms with E-state index in [2.05, 4.69) is 21.9 Å². The zero-order valence-electron chi connectivity index (χ0n) is 9.47. The minimum Gasteiger partial charge on any atom is -0.415 e. The van der Waals surface area contributed by atoms with Crippen LogP contribution < -0.4 is 10.6 Å². The molecule has 1 rings (SSSR count). The molecule has 0 saturated carbocycles. The minimum atomic E-state index is -5.14. The van der Waals surface area contributed by atoms with E-state index in [1.165, 1.54) is 0 Å². The average molecular weight is 266 g/mol. The number of esters is 1. The predicted octanol–water partition coefficient (Wildman–Crippen LogP) is 0.474. The van der Waals surface area contributed by atoms with Crippen molar-refractivity contribution in [3.8, 4) is 0 Å². The molecule has 1 fully saturated rings. The fourth-order valence-corrected chi connectivity index (χ4v) is 1.45. The van der Waals surface area contributed by atoms with E-state index in [-0.39, 0.29) is 6.04 Å². The Bertz CT molecular complexity index is 349. The van der Waals surface area contributed by atoms with Gasteiger partial charge in [0.1, 0.15) is 0 Å². The molecule has 0 aliphatic carbocycles. The Morgan fingerprint density at radius 1 is 1.28 bits per heavy atom. The van der Waals surface area contributed by atoms with Gasteiger partial charge in [0.05, 0.1) is 0 Å². The molecule has 1 aliphatic rings. The lowest BCUT2D eigenvalue weighted by atomic mass is 10.1. The Kier molecular flexibility index (Phi) is 4.71. The van der Waals surface area contributed by atoms with Gasteiger partial charge in [-0.2, -0.15) is 13.2 Å². The van der Waals surface area contributed by atoms with Crippen molar-refractivity contribution in [1.82, 2.24) is 10.6 Å². The van der Waals surface area contributed by atoms with E-state index < -0.39 is 23.8 Å². The molecular weight excluding hydrogens is 253 g/mol. The highest BCUT2D eigenvalue weighted by molar-refractivity contribution is 5.94. The summed E-state index contributed by atoms with van der Waals surface area (Å²) in [6.07, 6.45) is -3.82. The van der Waals surface area contributed by atoms with Crippen LogP contribution in [0.1, 0.15) is 12.8 Å². The molecule has 0 aromatic carbocycles. The second kappa shape index (κ2) is 5.85. The molecule has 102 valence electrons. The van der Waals surface area contributed by atoms with Crippen LogP contribution in [0.5, 0.6) is 0 Å². The van der Waals surface area contributed by atoms with Gasteiger partial charge in [-0.15, -0.1) is 0 Å². The maximum Gasteiger partial charge on any atom is 0.491 e. The van der Waals surface area contributed by atoms with Gasteiger partial charge >= 0.3 is 12.1 Å². The van der Waals surface area contributed by atoms with Gasteiger partial charge in [0.2, 0.25) is 0 Å². The predicted molar refractivity (Wildman–Crippen MR) is 55.3 cm³/mol. The maximum atomic E-state index is 11.9. The van der Waals surface area contributed by atoms with Crippen LogP contribution in [-0.2, 0) is 14.3 Å². The number of piperidine rings is 1. The van der Waals surface area contributed by atoms with Gasteiger partial charge in [0, 0.05) is 6.04 Å². The molecule has 5 nitrogen and oxygen atoms in total. The summed E-state index contributed by atoms with van der Waals surface area (Å²) in [6.45, 7) is 4.42. The van der Waals surface area contributed by atoms with Crippen molar-refractivity contribution in [1.29, 1.82) is 0 Å². The van der Waals surface area contributed by atoms with E-state index in [1.807, 2.05) is 0 Å². The monoisotopic (exact) mass is 266 g/mol. The Balaban J connectivity index is 2.41. The highest BCUT2D eigenvalue weighted by Crippen LogP contribution is 2.18. The van der Waals surface area contributed by atoms with Crippen LogP contribution >= 0.6 is 0 Å². The number of carbonyl (C=O) groups excluding carboxylic acids is 2. The molecule has 1 aliphatic heterocycles. The lowest BCUT2D eigenvalue weighted by molar-refractivity contribution is -0.195. The van der Waals surface area contributed by atoms with Gasteiger partial charge in [0.25, 0.3) is 5.91 Å². The molecule has 0 atom stereocenters. The van der Waals surface area contributed by atoms with Crippen LogP contribution in [0.3, 0.4) is 0 Å². The molecule has 0 aromatic heterocycles. The van der Waals surface area contributed by atoms with Crippen LogP contribution in [0.4, 0.5) is 13.2 Å². The molecule has 2 N–H and O–H groups in total. The van der Waals surface area contributed by atoms with E-state index in [9.17, 15) is 22.8 Å². The zero-order valence-corrected chi connectivity index (χ0v) is 9.47. The summed E-state index contributed by atoms with van der Waals surface area (Å²) < 4.78 is 39.5. The maximum absolute atomic E-state index is 11.9. The van der Waals surface area contributed by atoms with E-state index in [0.29, 0.717) is 25.9 Å². The molecular formula is C10H13F3N2O3. The Labute approximate surface area is 101 Å². The number of halogens is 3. The third-order valence-corrected chi connectivity index (χ3v) is 2.37. The van der Waals surface area contributed by atoms with Crippen LogP contribution in [0.25, 0.3) is 0 Å². The number of hydrogen-bond acceptors (Lipinski definition) is 4. The third kappa shape index (κ3) is 4.36. The van der Waals surface area contributed by atoms with Gasteiger partial charge in [-0.05, 0) is 25.9 Å². The highest BCUT2D eigenvalue weighted by atomic mass is 19.4. The second-order valence-electron chi connectivity index (χ2n) is 3.81. The summed E-state index contributed by atoms with van der Waals surface area (Å²) in [4.78, 5) is 21.9. The number of nitrogens with one attached hydrogen (secondary N) is 2. The molecule has 1 saturated heterocycles. The fourth-order valence-electron chi connectivity index (χ4n) is 1.45. The Hall–Kier alpha value is -1.57. The molecule has 1 heterocycles. The van der Waals surface area contributed by atoms with Crippen molar-refractivity contribution in [2.24, 2.45) is 0 Å². The first-order chi connectivity index (χ1) is 8.30. The van der Waals surface area contributed by atoms with Crippen LogP contribution in [0.2, 0.25) is 0 Å². The van der Waals surface area contributed by atoms with Crippen LogP contribution in [0, 0.1) is 0 Å². The van der Waals surface area contributed by atoms with E-state index >= 15 is 0 Å². The smallest absolute Gasteiger partial charge is 0.415 e. The molecule has 18 heavy (non-hydrogen) atoms. The number of alkyl halides is 3. The lowest BCUT2D eigenvalue weighted by Crippen LogP contribution is -2.43. The summed E-state index contributed by atoms with van der Waals surface area (Å²) in [5, 5.41) is 5.51. The van der Waals surface area contributed by atoms with Crippen molar-refractivity contribution in [2.75, 3.05) is 13.1 Å². The third-order valence-electron chi connectivity index (χ3n) is 2.37. The number of rotatable bonds is 3. The van der Waals surface area contributed by atoms with Crippen molar-refractivity contribution in [2.45, 2.75) is 25.1 Å². The number of carbonyl (C=O) groups is 2. The molecule has 0 bridgehead atoms. The normalized spacial score (nSPS) is 17.1. The van der Waals surface area contributed by atoms with Gasteiger partial charge in [0.15, 0.2) is 5.76 Å². The van der Waals surface area contributed by atoms with Crippen molar-refractivity contribution < 1.29 is 27.5 Å². The largest absolute Gasteiger partial charge is 0.491 e. The first-order valence-corrected chi connectivity index (χ1v) is 5.30.